The van der Waals surface area contributed by atoms with E-state index in [0.717, 1.165) is 0 Å². The van der Waals surface area contributed by atoms with Crippen molar-refractivity contribution in [1.82, 2.24) is 0 Å². The Bertz CT molecular complexity index is 903. The van der Waals surface area contributed by atoms with Crippen LogP contribution >= 0.6 is 23.2 Å². The summed E-state index contributed by atoms with van der Waals surface area (Å²) in [4.78, 5) is 36.5. The number of rotatable bonds is 4. The van der Waals surface area contributed by atoms with Gasteiger partial charge in [-0.2, -0.15) is 0 Å². The molecule has 9 heteroatoms. The summed E-state index contributed by atoms with van der Waals surface area (Å²) in [5, 5.41) is 14.3. The number of non-ortho nitro benzene ring substituents is 1. The second-order valence-corrected chi connectivity index (χ2v) is 6.64. The molecule has 2 aromatic carbocycles. The molecular formula is C17H13Cl2N3O4. The van der Waals surface area contributed by atoms with Crippen LogP contribution in [-0.4, -0.2) is 23.3 Å². The predicted octanol–water partition coefficient (Wildman–Crippen LogP) is 3.89. The molecule has 134 valence electrons. The summed E-state index contributed by atoms with van der Waals surface area (Å²) >= 11 is 11.9. The van der Waals surface area contributed by atoms with Crippen molar-refractivity contribution < 1.29 is 14.5 Å². The van der Waals surface area contributed by atoms with Crippen LogP contribution in [0.25, 0.3) is 0 Å². The lowest BCUT2D eigenvalue weighted by Gasteiger charge is -2.16. The first-order valence-electron chi connectivity index (χ1n) is 7.66. The predicted molar refractivity (Wildman–Crippen MR) is 98.6 cm³/mol. The van der Waals surface area contributed by atoms with E-state index in [9.17, 15) is 19.7 Å². The zero-order chi connectivity index (χ0) is 18.8. The third-order valence-electron chi connectivity index (χ3n) is 4.03. The molecule has 2 aromatic rings. The van der Waals surface area contributed by atoms with Crippen molar-refractivity contribution in [2.75, 3.05) is 16.8 Å². The molecule has 0 bridgehead atoms. The third-order valence-corrected chi connectivity index (χ3v) is 4.60. The zero-order valence-electron chi connectivity index (χ0n) is 13.3. The monoisotopic (exact) mass is 393 g/mol. The Labute approximate surface area is 158 Å². The van der Waals surface area contributed by atoms with E-state index in [0.29, 0.717) is 21.4 Å². The van der Waals surface area contributed by atoms with E-state index < -0.39 is 10.8 Å². The lowest BCUT2D eigenvalue weighted by Crippen LogP contribution is -2.28. The molecule has 0 aliphatic carbocycles. The number of anilines is 2. The van der Waals surface area contributed by atoms with Crippen molar-refractivity contribution in [2.24, 2.45) is 5.92 Å². The smallest absolute Gasteiger partial charge is 0.271 e. The molecule has 1 heterocycles. The van der Waals surface area contributed by atoms with Crippen molar-refractivity contribution in [3.8, 4) is 0 Å². The standard InChI is InChI=1S/C17H13Cl2N3O4/c18-11-4-5-14(19)15(7-11)20-17(24)10-6-16(23)21(9-10)12-2-1-3-13(8-12)22(25)26/h1-5,7-8,10H,6,9H2,(H,20,24). The molecule has 1 saturated heterocycles. The fourth-order valence-electron chi connectivity index (χ4n) is 2.74. The Kier molecular flexibility index (Phi) is 5.11. The maximum absolute atomic E-state index is 12.5. The molecule has 0 aromatic heterocycles. The van der Waals surface area contributed by atoms with Crippen molar-refractivity contribution >= 4 is 52.1 Å². The minimum absolute atomic E-state index is 0.00666. The number of hydrogen-bond donors (Lipinski definition) is 1. The Morgan fingerprint density at radius 1 is 1.23 bits per heavy atom. The van der Waals surface area contributed by atoms with Gasteiger partial charge in [0.05, 0.1) is 27.2 Å². The molecular weight excluding hydrogens is 381 g/mol. The van der Waals surface area contributed by atoms with E-state index in [1.807, 2.05) is 0 Å². The highest BCUT2D eigenvalue weighted by atomic mass is 35.5. The first-order chi connectivity index (χ1) is 12.3. The highest BCUT2D eigenvalue weighted by Crippen LogP contribution is 2.30. The Hall–Kier alpha value is -2.64. The fraction of sp³-hybridized carbons (Fsp3) is 0.176. The van der Waals surface area contributed by atoms with Gasteiger partial charge in [-0.05, 0) is 24.3 Å². The maximum atomic E-state index is 12.5. The lowest BCUT2D eigenvalue weighted by molar-refractivity contribution is -0.384. The summed E-state index contributed by atoms with van der Waals surface area (Å²) in [7, 11) is 0. The molecule has 0 radical (unpaired) electrons. The van der Waals surface area contributed by atoms with Crippen molar-refractivity contribution in [1.29, 1.82) is 0 Å². The SMILES string of the molecule is O=C(Nc1cc(Cl)ccc1Cl)C1CC(=O)N(c2cccc([N+](=O)[O-])c2)C1. The molecule has 7 nitrogen and oxygen atoms in total. The van der Waals surface area contributed by atoms with Gasteiger partial charge in [0.25, 0.3) is 5.69 Å². The summed E-state index contributed by atoms with van der Waals surface area (Å²) in [6.45, 7) is 0.129. The number of nitrogens with one attached hydrogen (secondary N) is 1. The number of benzene rings is 2. The number of amides is 2. The average Bonchev–Trinajstić information content (AvgIpc) is 3.00. The van der Waals surface area contributed by atoms with Gasteiger partial charge in [0.2, 0.25) is 11.8 Å². The van der Waals surface area contributed by atoms with Gasteiger partial charge >= 0.3 is 0 Å². The van der Waals surface area contributed by atoms with Gasteiger partial charge in [0, 0.05) is 30.1 Å². The second-order valence-electron chi connectivity index (χ2n) is 5.80. The number of carbonyl (C=O) groups is 2. The summed E-state index contributed by atoms with van der Waals surface area (Å²) in [6.07, 6.45) is 0.00666. The number of nitro benzene ring substituents is 1. The number of nitro groups is 1. The van der Waals surface area contributed by atoms with Crippen LogP contribution in [0.15, 0.2) is 42.5 Å². The van der Waals surface area contributed by atoms with Crippen molar-refractivity contribution in [3.63, 3.8) is 0 Å². The van der Waals surface area contributed by atoms with Crippen LogP contribution in [0.1, 0.15) is 6.42 Å². The quantitative estimate of drug-likeness (QED) is 0.629. The Morgan fingerprint density at radius 2 is 2.00 bits per heavy atom. The number of halogens is 2. The van der Waals surface area contributed by atoms with E-state index in [1.54, 1.807) is 18.2 Å². The molecule has 1 fully saturated rings. The first kappa shape index (κ1) is 18.2. The van der Waals surface area contributed by atoms with Crippen LogP contribution in [-0.2, 0) is 9.59 Å². The first-order valence-corrected chi connectivity index (χ1v) is 8.41. The topological polar surface area (TPSA) is 92.6 Å². The zero-order valence-corrected chi connectivity index (χ0v) is 14.8. The largest absolute Gasteiger partial charge is 0.324 e. The fourth-order valence-corrected chi connectivity index (χ4v) is 3.07. The van der Waals surface area contributed by atoms with Crippen LogP contribution in [0.3, 0.4) is 0 Å². The average molecular weight is 394 g/mol. The van der Waals surface area contributed by atoms with E-state index in [-0.39, 0.29) is 30.5 Å². The Morgan fingerprint density at radius 3 is 2.73 bits per heavy atom. The molecule has 1 atom stereocenters. The van der Waals surface area contributed by atoms with Crippen molar-refractivity contribution in [2.45, 2.75) is 6.42 Å². The van der Waals surface area contributed by atoms with Gasteiger partial charge < -0.3 is 10.2 Å². The number of carbonyl (C=O) groups excluding carboxylic acids is 2. The number of hydrogen-bond acceptors (Lipinski definition) is 4. The van der Waals surface area contributed by atoms with Gasteiger partial charge in [-0.25, -0.2) is 0 Å². The van der Waals surface area contributed by atoms with Gasteiger partial charge in [0.1, 0.15) is 0 Å². The van der Waals surface area contributed by atoms with E-state index >= 15 is 0 Å². The van der Waals surface area contributed by atoms with Crippen LogP contribution in [0, 0.1) is 16.0 Å². The number of nitrogens with zero attached hydrogens (tertiary/aromatic N) is 2. The molecule has 1 aliphatic heterocycles. The van der Waals surface area contributed by atoms with Crippen LogP contribution in [0.4, 0.5) is 17.1 Å². The molecule has 2 amide bonds. The Balaban J connectivity index is 1.75. The van der Waals surface area contributed by atoms with E-state index in [1.165, 1.54) is 29.2 Å². The summed E-state index contributed by atoms with van der Waals surface area (Å²) in [5.41, 5.74) is 0.639. The molecule has 0 saturated carbocycles. The van der Waals surface area contributed by atoms with Gasteiger partial charge in [-0.15, -0.1) is 0 Å². The molecule has 3 rings (SSSR count). The van der Waals surface area contributed by atoms with Gasteiger partial charge in [-0.1, -0.05) is 29.3 Å². The molecule has 1 N–H and O–H groups in total. The van der Waals surface area contributed by atoms with Crippen LogP contribution < -0.4 is 10.2 Å². The van der Waals surface area contributed by atoms with Crippen molar-refractivity contribution in [3.05, 3.63) is 62.6 Å². The lowest BCUT2D eigenvalue weighted by atomic mass is 10.1. The highest BCUT2D eigenvalue weighted by molar-refractivity contribution is 6.35. The van der Waals surface area contributed by atoms with E-state index in [4.69, 9.17) is 23.2 Å². The molecule has 0 spiro atoms. The maximum Gasteiger partial charge on any atom is 0.271 e. The summed E-state index contributed by atoms with van der Waals surface area (Å²) < 4.78 is 0. The molecule has 1 unspecified atom stereocenters. The molecule has 1 aliphatic rings. The van der Waals surface area contributed by atoms with Gasteiger partial charge in [0.15, 0.2) is 0 Å². The highest BCUT2D eigenvalue weighted by Gasteiger charge is 2.35. The summed E-state index contributed by atoms with van der Waals surface area (Å²) in [5.74, 6) is -1.24. The summed E-state index contributed by atoms with van der Waals surface area (Å²) in [6, 6.07) is 10.4. The van der Waals surface area contributed by atoms with Crippen LogP contribution in [0.5, 0.6) is 0 Å². The van der Waals surface area contributed by atoms with Gasteiger partial charge in [-0.3, -0.25) is 19.7 Å². The second kappa shape index (κ2) is 7.31. The molecule has 26 heavy (non-hydrogen) atoms. The normalized spacial score (nSPS) is 16.6. The van der Waals surface area contributed by atoms with Crippen LogP contribution in [0.2, 0.25) is 10.0 Å². The third kappa shape index (κ3) is 3.79. The minimum atomic E-state index is -0.600. The minimum Gasteiger partial charge on any atom is -0.324 e. The van der Waals surface area contributed by atoms with E-state index in [2.05, 4.69) is 5.32 Å².